The standard InChI is InChI=1S/C6H13Cl.2CH2O3/c1-2-3-4-5-6-7;2*2-1(3)4/h2-6H2,1H3;2*(H2,2,3,4). The first-order chi connectivity index (χ1) is 6.88. The van der Waals surface area contributed by atoms with Crippen molar-refractivity contribution in [3.05, 3.63) is 0 Å². The first kappa shape index (κ1) is 19.4. The fourth-order valence-corrected chi connectivity index (χ4v) is 0.710. The second-order valence-electron chi connectivity index (χ2n) is 2.31. The van der Waals surface area contributed by atoms with Crippen LogP contribution in [-0.2, 0) is 0 Å². The van der Waals surface area contributed by atoms with Crippen LogP contribution >= 0.6 is 11.6 Å². The first-order valence-corrected chi connectivity index (χ1v) is 4.81. The zero-order chi connectivity index (χ0) is 12.7. The van der Waals surface area contributed by atoms with Gasteiger partial charge < -0.3 is 20.4 Å². The molecule has 6 nitrogen and oxygen atoms in total. The average molecular weight is 245 g/mol. The van der Waals surface area contributed by atoms with E-state index in [0.717, 1.165) is 5.88 Å². The van der Waals surface area contributed by atoms with E-state index in [1.165, 1.54) is 25.7 Å². The summed E-state index contributed by atoms with van der Waals surface area (Å²) in [5.41, 5.74) is 0. The number of alkyl halides is 1. The number of unbranched alkanes of at least 4 members (excludes halogenated alkanes) is 3. The molecule has 0 fully saturated rings. The van der Waals surface area contributed by atoms with Crippen LogP contribution in [-0.4, -0.2) is 38.6 Å². The number of hydrogen-bond donors (Lipinski definition) is 4. The minimum absolute atomic E-state index is 0.833. The van der Waals surface area contributed by atoms with Gasteiger partial charge in [0, 0.05) is 5.88 Å². The number of carboxylic acid groups (broad SMARTS) is 4. The molecule has 0 aliphatic carbocycles. The van der Waals surface area contributed by atoms with Crippen LogP contribution in [0.25, 0.3) is 0 Å². The summed E-state index contributed by atoms with van der Waals surface area (Å²) in [6.45, 7) is 2.20. The Morgan fingerprint density at radius 3 is 1.47 bits per heavy atom. The lowest BCUT2D eigenvalue weighted by molar-refractivity contribution is 0.135. The third-order valence-electron chi connectivity index (χ3n) is 0.987. The molecule has 0 saturated carbocycles. The van der Waals surface area contributed by atoms with Gasteiger partial charge in [-0.2, -0.15) is 0 Å². The zero-order valence-electron chi connectivity index (χ0n) is 8.52. The molecule has 0 aromatic carbocycles. The van der Waals surface area contributed by atoms with Crippen LogP contribution in [0.1, 0.15) is 32.6 Å². The molecule has 0 unspecified atom stereocenters. The van der Waals surface area contributed by atoms with Crippen LogP contribution in [0.4, 0.5) is 9.59 Å². The van der Waals surface area contributed by atoms with Crippen LogP contribution in [0.15, 0.2) is 0 Å². The van der Waals surface area contributed by atoms with Crippen LogP contribution in [0, 0.1) is 0 Å². The second kappa shape index (κ2) is 18.6. The Morgan fingerprint density at radius 1 is 0.933 bits per heavy atom. The van der Waals surface area contributed by atoms with Crippen molar-refractivity contribution in [2.75, 3.05) is 5.88 Å². The van der Waals surface area contributed by atoms with Crippen LogP contribution in [0.5, 0.6) is 0 Å². The van der Waals surface area contributed by atoms with Gasteiger partial charge >= 0.3 is 12.3 Å². The number of halogens is 1. The Hall–Kier alpha value is -1.17. The summed E-state index contributed by atoms with van der Waals surface area (Å²) in [6, 6.07) is 0. The topological polar surface area (TPSA) is 115 Å². The molecule has 0 atom stereocenters. The summed E-state index contributed by atoms with van der Waals surface area (Å²) in [5.74, 6) is 0.833. The van der Waals surface area contributed by atoms with Gasteiger partial charge in [-0.15, -0.1) is 11.6 Å². The van der Waals surface area contributed by atoms with Gasteiger partial charge in [0.15, 0.2) is 0 Å². The molecule has 0 rings (SSSR count). The van der Waals surface area contributed by atoms with Gasteiger partial charge in [0.05, 0.1) is 0 Å². The van der Waals surface area contributed by atoms with Crippen LogP contribution in [0.2, 0.25) is 0 Å². The van der Waals surface area contributed by atoms with Crippen molar-refractivity contribution < 1.29 is 30.0 Å². The van der Waals surface area contributed by atoms with Crippen molar-refractivity contribution >= 4 is 23.9 Å². The molecule has 0 aromatic heterocycles. The van der Waals surface area contributed by atoms with E-state index in [-0.39, 0.29) is 0 Å². The third-order valence-corrected chi connectivity index (χ3v) is 1.25. The average Bonchev–Trinajstić information content (AvgIpc) is 2.03. The van der Waals surface area contributed by atoms with Crippen LogP contribution in [0.3, 0.4) is 0 Å². The highest BCUT2D eigenvalue weighted by atomic mass is 35.5. The van der Waals surface area contributed by atoms with E-state index in [0.29, 0.717) is 0 Å². The smallest absolute Gasteiger partial charge is 0.450 e. The van der Waals surface area contributed by atoms with E-state index in [1.54, 1.807) is 0 Å². The summed E-state index contributed by atoms with van der Waals surface area (Å²) in [4.78, 5) is 17.1. The van der Waals surface area contributed by atoms with Crippen molar-refractivity contribution in [3.63, 3.8) is 0 Å². The Morgan fingerprint density at radius 2 is 1.27 bits per heavy atom. The summed E-state index contributed by atoms with van der Waals surface area (Å²) < 4.78 is 0. The molecule has 0 aliphatic heterocycles. The van der Waals surface area contributed by atoms with Gasteiger partial charge in [-0.25, -0.2) is 9.59 Å². The van der Waals surface area contributed by atoms with Gasteiger partial charge in [-0.1, -0.05) is 26.2 Å². The van der Waals surface area contributed by atoms with Gasteiger partial charge in [0.25, 0.3) is 0 Å². The largest absolute Gasteiger partial charge is 0.503 e. The minimum Gasteiger partial charge on any atom is -0.450 e. The molecular weight excluding hydrogens is 228 g/mol. The van der Waals surface area contributed by atoms with Gasteiger partial charge in [-0.05, 0) is 6.42 Å². The van der Waals surface area contributed by atoms with E-state index in [1.807, 2.05) is 0 Å². The Kier molecular flexibility index (Phi) is 24.0. The summed E-state index contributed by atoms with van der Waals surface area (Å²) in [6.07, 6.45) is 1.47. The van der Waals surface area contributed by atoms with Gasteiger partial charge in [-0.3, -0.25) is 0 Å². The predicted octanol–water partition coefficient (Wildman–Crippen LogP) is 3.25. The van der Waals surface area contributed by atoms with Crippen molar-refractivity contribution in [1.82, 2.24) is 0 Å². The molecule has 0 aliphatic rings. The number of rotatable bonds is 4. The molecule has 0 saturated heterocycles. The fourth-order valence-electron chi connectivity index (χ4n) is 0.521. The Bertz CT molecular complexity index is 126. The molecule has 15 heavy (non-hydrogen) atoms. The molecule has 0 aromatic rings. The van der Waals surface area contributed by atoms with E-state index < -0.39 is 12.3 Å². The molecule has 4 N–H and O–H groups in total. The Balaban J connectivity index is -0.000000155. The van der Waals surface area contributed by atoms with Gasteiger partial charge in [0.1, 0.15) is 0 Å². The van der Waals surface area contributed by atoms with E-state index in [4.69, 9.17) is 41.6 Å². The molecule has 0 radical (unpaired) electrons. The maximum atomic E-state index is 8.56. The van der Waals surface area contributed by atoms with E-state index >= 15 is 0 Å². The van der Waals surface area contributed by atoms with Crippen LogP contribution < -0.4 is 0 Å². The predicted molar refractivity (Wildman–Crippen MR) is 56.2 cm³/mol. The minimum atomic E-state index is -1.83. The van der Waals surface area contributed by atoms with Crippen molar-refractivity contribution in [3.8, 4) is 0 Å². The van der Waals surface area contributed by atoms with Crippen molar-refractivity contribution in [1.29, 1.82) is 0 Å². The van der Waals surface area contributed by atoms with Crippen molar-refractivity contribution in [2.24, 2.45) is 0 Å². The van der Waals surface area contributed by atoms with E-state index in [9.17, 15) is 0 Å². The zero-order valence-corrected chi connectivity index (χ0v) is 9.27. The van der Waals surface area contributed by atoms with Crippen molar-refractivity contribution in [2.45, 2.75) is 32.6 Å². The summed E-state index contributed by atoms with van der Waals surface area (Å²) in [5, 5.41) is 27.9. The highest BCUT2D eigenvalue weighted by Crippen LogP contribution is 1.98. The highest BCUT2D eigenvalue weighted by Gasteiger charge is 1.81. The first-order valence-electron chi connectivity index (χ1n) is 4.28. The highest BCUT2D eigenvalue weighted by molar-refractivity contribution is 6.17. The monoisotopic (exact) mass is 244 g/mol. The molecule has 0 amide bonds. The number of hydrogen-bond acceptors (Lipinski definition) is 2. The maximum Gasteiger partial charge on any atom is 0.503 e. The molecule has 0 heterocycles. The molecule has 7 heteroatoms. The van der Waals surface area contributed by atoms with Gasteiger partial charge in [0.2, 0.25) is 0 Å². The molecule has 92 valence electrons. The lowest BCUT2D eigenvalue weighted by atomic mass is 10.2. The molecule has 0 bridgehead atoms. The Labute approximate surface area is 93.1 Å². The molecular formula is C8H17ClO6. The summed E-state index contributed by atoms with van der Waals surface area (Å²) >= 11 is 5.44. The lowest BCUT2D eigenvalue weighted by Crippen LogP contribution is -1.81. The van der Waals surface area contributed by atoms with E-state index in [2.05, 4.69) is 6.92 Å². The fraction of sp³-hybridized carbons (Fsp3) is 0.750. The number of carbonyl (C=O) groups is 2. The lowest BCUT2D eigenvalue weighted by Gasteiger charge is -1.89. The SMILES string of the molecule is CCCCCCCl.O=C(O)O.O=C(O)O. The maximum absolute atomic E-state index is 8.56. The molecule has 0 spiro atoms. The summed E-state index contributed by atoms with van der Waals surface area (Å²) in [7, 11) is 0. The second-order valence-corrected chi connectivity index (χ2v) is 2.69. The quantitative estimate of drug-likeness (QED) is 0.446. The normalized spacial score (nSPS) is 7.60. The third kappa shape index (κ3) is 188.